The normalized spacial score (nSPS) is 12.1. The molecular formula is C20H20ClN3O4. The van der Waals surface area contributed by atoms with Gasteiger partial charge in [0.15, 0.2) is 0 Å². The van der Waals surface area contributed by atoms with Crippen molar-refractivity contribution in [3.8, 4) is 5.69 Å². The van der Waals surface area contributed by atoms with Crippen LogP contribution in [0.15, 0.2) is 36.4 Å². The van der Waals surface area contributed by atoms with E-state index in [1.165, 1.54) is 6.07 Å². The molecule has 1 unspecified atom stereocenters. The highest BCUT2D eigenvalue weighted by molar-refractivity contribution is 6.33. The zero-order chi connectivity index (χ0) is 20.4. The Morgan fingerprint density at radius 3 is 2.54 bits per heavy atom. The number of carbonyl (C=O) groups excluding carboxylic acids is 1. The van der Waals surface area contributed by atoms with Gasteiger partial charge in [0.1, 0.15) is 17.0 Å². The Morgan fingerprint density at radius 2 is 1.96 bits per heavy atom. The van der Waals surface area contributed by atoms with E-state index >= 15 is 0 Å². The van der Waals surface area contributed by atoms with Crippen LogP contribution < -0.4 is 0 Å². The van der Waals surface area contributed by atoms with E-state index in [0.29, 0.717) is 23.9 Å². The predicted octanol–water partition coefficient (Wildman–Crippen LogP) is 5.16. The van der Waals surface area contributed by atoms with Gasteiger partial charge in [-0.1, -0.05) is 37.6 Å². The zero-order valence-corrected chi connectivity index (χ0v) is 16.6. The van der Waals surface area contributed by atoms with E-state index in [1.807, 2.05) is 42.7 Å². The van der Waals surface area contributed by atoms with Crippen molar-refractivity contribution < 1.29 is 14.5 Å². The summed E-state index contributed by atoms with van der Waals surface area (Å²) in [6, 6.07) is 10.6. The molecule has 0 aliphatic rings. The number of aryl methyl sites for hydroxylation is 1. The number of halogens is 1. The molecule has 1 aromatic heterocycles. The highest BCUT2D eigenvalue weighted by Crippen LogP contribution is 2.32. The largest absolute Gasteiger partial charge is 0.458 e. The summed E-state index contributed by atoms with van der Waals surface area (Å²) in [6.07, 6.45) is 0.631. The van der Waals surface area contributed by atoms with E-state index in [0.717, 1.165) is 17.1 Å². The van der Waals surface area contributed by atoms with Crippen molar-refractivity contribution in [3.63, 3.8) is 0 Å². The van der Waals surface area contributed by atoms with E-state index in [9.17, 15) is 14.9 Å². The molecule has 0 saturated heterocycles. The van der Waals surface area contributed by atoms with Gasteiger partial charge in [0.2, 0.25) is 0 Å². The summed E-state index contributed by atoms with van der Waals surface area (Å²) in [5.41, 5.74) is 2.78. The number of hydrogen-bond acceptors (Lipinski definition) is 5. The summed E-state index contributed by atoms with van der Waals surface area (Å²) in [7, 11) is 0. The van der Waals surface area contributed by atoms with Gasteiger partial charge in [-0.25, -0.2) is 4.98 Å². The van der Waals surface area contributed by atoms with Crippen molar-refractivity contribution in [3.05, 3.63) is 62.9 Å². The van der Waals surface area contributed by atoms with Crippen molar-refractivity contribution in [2.75, 3.05) is 0 Å². The number of nitro groups is 1. The molecule has 1 atom stereocenters. The molecule has 7 nitrogen and oxygen atoms in total. The van der Waals surface area contributed by atoms with Crippen molar-refractivity contribution in [2.24, 2.45) is 0 Å². The first-order valence-corrected chi connectivity index (χ1v) is 9.38. The Morgan fingerprint density at radius 1 is 1.29 bits per heavy atom. The summed E-state index contributed by atoms with van der Waals surface area (Å²) in [4.78, 5) is 26.7. The molecule has 0 bridgehead atoms. The molecule has 0 fully saturated rings. The molecule has 3 aromatic rings. The maximum atomic E-state index is 11.5. The van der Waals surface area contributed by atoms with E-state index in [2.05, 4.69) is 4.98 Å². The summed E-state index contributed by atoms with van der Waals surface area (Å²) in [5.74, 6) is 0.520. The lowest BCUT2D eigenvalue weighted by atomic mass is 10.1. The van der Waals surface area contributed by atoms with Gasteiger partial charge in [0.25, 0.3) is 5.69 Å². The number of imidazole rings is 1. The lowest BCUT2D eigenvalue weighted by Gasteiger charge is -2.14. The minimum absolute atomic E-state index is 0.0676. The van der Waals surface area contributed by atoms with Crippen molar-refractivity contribution in [1.82, 2.24) is 9.55 Å². The first-order valence-electron chi connectivity index (χ1n) is 9.00. The standard InChI is InChI=1S/C20H20ClN3O4/c1-4-19-22-16-11-17(24(26)27)15(21)10-18(16)23(19)14-8-6-13(7-9-14)12(3)28-20(25)5-2/h6-12H,4-5H2,1-3H3. The summed E-state index contributed by atoms with van der Waals surface area (Å²) < 4.78 is 7.27. The lowest BCUT2D eigenvalue weighted by Crippen LogP contribution is -2.07. The molecule has 1 heterocycles. The van der Waals surface area contributed by atoms with Gasteiger partial charge < -0.3 is 4.74 Å². The smallest absolute Gasteiger partial charge is 0.306 e. The summed E-state index contributed by atoms with van der Waals surface area (Å²) in [5, 5.41) is 11.2. The fourth-order valence-electron chi connectivity index (χ4n) is 3.05. The Labute approximate surface area is 167 Å². The van der Waals surface area contributed by atoms with Gasteiger partial charge in [-0.2, -0.15) is 0 Å². The number of fused-ring (bicyclic) bond motifs is 1. The average molecular weight is 402 g/mol. The number of aromatic nitrogens is 2. The molecule has 3 rings (SSSR count). The maximum Gasteiger partial charge on any atom is 0.306 e. The fourth-order valence-corrected chi connectivity index (χ4v) is 3.27. The molecule has 146 valence electrons. The highest BCUT2D eigenvalue weighted by atomic mass is 35.5. The van der Waals surface area contributed by atoms with Crippen LogP contribution in [-0.2, 0) is 16.0 Å². The third-order valence-electron chi connectivity index (χ3n) is 4.52. The molecule has 0 amide bonds. The number of nitrogens with zero attached hydrogens (tertiary/aromatic N) is 3. The Bertz CT molecular complexity index is 1040. The van der Waals surface area contributed by atoms with E-state index < -0.39 is 4.92 Å². The van der Waals surface area contributed by atoms with Gasteiger partial charge >= 0.3 is 5.97 Å². The summed E-state index contributed by atoms with van der Waals surface area (Å²) in [6.45, 7) is 5.55. The molecule has 0 aliphatic heterocycles. The number of ether oxygens (including phenoxy) is 1. The second-order valence-electron chi connectivity index (χ2n) is 6.34. The minimum atomic E-state index is -0.514. The summed E-state index contributed by atoms with van der Waals surface area (Å²) >= 11 is 6.11. The van der Waals surface area contributed by atoms with Crippen LogP contribution in [0.4, 0.5) is 5.69 Å². The topological polar surface area (TPSA) is 87.3 Å². The fraction of sp³-hybridized carbons (Fsp3) is 0.300. The third-order valence-corrected chi connectivity index (χ3v) is 4.83. The molecule has 0 saturated carbocycles. The van der Waals surface area contributed by atoms with Crippen molar-refractivity contribution in [1.29, 1.82) is 0 Å². The van der Waals surface area contributed by atoms with Crippen LogP contribution >= 0.6 is 11.6 Å². The molecule has 0 radical (unpaired) electrons. The molecule has 0 aliphatic carbocycles. The molecular weight excluding hydrogens is 382 g/mol. The van der Waals surface area contributed by atoms with Crippen LogP contribution in [-0.4, -0.2) is 20.4 Å². The van der Waals surface area contributed by atoms with Crippen LogP contribution in [0.5, 0.6) is 0 Å². The number of hydrogen-bond donors (Lipinski definition) is 0. The lowest BCUT2D eigenvalue weighted by molar-refractivity contribution is -0.384. The van der Waals surface area contributed by atoms with Gasteiger partial charge in [-0.05, 0) is 30.7 Å². The Balaban J connectivity index is 2.04. The van der Waals surface area contributed by atoms with Gasteiger partial charge in [0, 0.05) is 24.6 Å². The SMILES string of the molecule is CCC(=O)OC(C)c1ccc(-n2c(CC)nc3cc([N+](=O)[O-])c(Cl)cc32)cc1. The first kappa shape index (κ1) is 19.8. The average Bonchev–Trinajstić information content (AvgIpc) is 3.04. The van der Waals surface area contributed by atoms with Crippen LogP contribution in [0.3, 0.4) is 0 Å². The molecule has 2 aromatic carbocycles. The molecule has 8 heteroatoms. The quantitative estimate of drug-likeness (QED) is 0.323. The van der Waals surface area contributed by atoms with Gasteiger partial charge in [0.05, 0.1) is 16.0 Å². The zero-order valence-electron chi connectivity index (χ0n) is 15.8. The van der Waals surface area contributed by atoms with Crippen LogP contribution in [0.2, 0.25) is 5.02 Å². The third kappa shape index (κ3) is 3.71. The Hall–Kier alpha value is -2.93. The van der Waals surface area contributed by atoms with Crippen LogP contribution in [0, 0.1) is 10.1 Å². The van der Waals surface area contributed by atoms with Crippen molar-refractivity contribution >= 4 is 34.3 Å². The number of benzene rings is 2. The minimum Gasteiger partial charge on any atom is -0.458 e. The molecule has 0 spiro atoms. The van der Waals surface area contributed by atoms with E-state index in [-0.39, 0.29) is 22.8 Å². The second kappa shape index (κ2) is 7.98. The van der Waals surface area contributed by atoms with Crippen molar-refractivity contribution in [2.45, 2.75) is 39.7 Å². The predicted molar refractivity (Wildman–Crippen MR) is 107 cm³/mol. The Kier molecular flexibility index (Phi) is 5.65. The monoisotopic (exact) mass is 401 g/mol. The number of nitro benzene ring substituents is 1. The van der Waals surface area contributed by atoms with E-state index in [1.54, 1.807) is 13.0 Å². The number of rotatable bonds is 6. The second-order valence-corrected chi connectivity index (χ2v) is 6.75. The first-order chi connectivity index (χ1) is 13.3. The molecule has 0 N–H and O–H groups in total. The number of esters is 1. The highest BCUT2D eigenvalue weighted by Gasteiger charge is 2.19. The van der Waals surface area contributed by atoms with Crippen LogP contribution in [0.25, 0.3) is 16.7 Å². The number of carbonyl (C=O) groups is 1. The molecule has 28 heavy (non-hydrogen) atoms. The van der Waals surface area contributed by atoms with Gasteiger partial charge in [-0.15, -0.1) is 0 Å². The van der Waals surface area contributed by atoms with Gasteiger partial charge in [-0.3, -0.25) is 19.5 Å². The van der Waals surface area contributed by atoms with E-state index in [4.69, 9.17) is 16.3 Å². The van der Waals surface area contributed by atoms with Crippen LogP contribution in [0.1, 0.15) is 44.7 Å². The maximum absolute atomic E-state index is 11.5.